The van der Waals surface area contributed by atoms with Crippen molar-refractivity contribution in [3.63, 3.8) is 0 Å². The summed E-state index contributed by atoms with van der Waals surface area (Å²) in [5, 5.41) is 13.1. The van der Waals surface area contributed by atoms with E-state index in [9.17, 15) is 33.9 Å². The van der Waals surface area contributed by atoms with E-state index in [1.54, 1.807) is 6.92 Å². The van der Waals surface area contributed by atoms with Gasteiger partial charge >= 0.3 is 30.0 Å². The monoisotopic (exact) mass is 591 g/mol. The Morgan fingerprint density at radius 1 is 0.902 bits per heavy atom. The Kier molecular flexibility index (Phi) is 15.0. The second-order valence-electron chi connectivity index (χ2n) is 8.43. The highest BCUT2D eigenvalue weighted by Crippen LogP contribution is 2.29. The summed E-state index contributed by atoms with van der Waals surface area (Å²) in [6, 6.07) is -1.23. The van der Waals surface area contributed by atoms with Crippen molar-refractivity contribution in [2.45, 2.75) is 84.2 Å². The molecule has 41 heavy (non-hydrogen) atoms. The first-order valence-electron chi connectivity index (χ1n) is 12.4. The molecule has 0 bridgehead atoms. The molecule has 1 heterocycles. The summed E-state index contributed by atoms with van der Waals surface area (Å²) in [6.45, 7) is 5.33. The van der Waals surface area contributed by atoms with Gasteiger partial charge in [-0.05, 0) is 19.8 Å². The van der Waals surface area contributed by atoms with Crippen molar-refractivity contribution in [2.24, 2.45) is 10.7 Å². The van der Waals surface area contributed by atoms with Gasteiger partial charge < -0.3 is 44.1 Å². The number of carbonyl (C=O) groups is 6. The van der Waals surface area contributed by atoms with Crippen LogP contribution in [-0.4, -0.2) is 98.4 Å². The number of guanidine groups is 1. The highest BCUT2D eigenvalue weighted by atomic mass is 16.8. The number of rotatable bonds is 13. The summed E-state index contributed by atoms with van der Waals surface area (Å²) in [6.07, 6.45) is -8.11. The predicted octanol–water partition coefficient (Wildman–Crippen LogP) is -2.45. The van der Waals surface area contributed by atoms with E-state index in [4.69, 9.17) is 39.0 Å². The Bertz CT molecular complexity index is 974. The van der Waals surface area contributed by atoms with Gasteiger partial charge in [-0.2, -0.15) is 0 Å². The third-order valence-corrected chi connectivity index (χ3v) is 4.96. The number of esters is 4. The number of carboxylic acid groups (broad SMARTS) is 1. The van der Waals surface area contributed by atoms with Crippen molar-refractivity contribution in [3.05, 3.63) is 0 Å². The fourth-order valence-corrected chi connectivity index (χ4v) is 3.38. The summed E-state index contributed by atoms with van der Waals surface area (Å²) in [5.74, 6) is -4.99. The van der Waals surface area contributed by atoms with E-state index < -0.39 is 79.3 Å². The number of aliphatic carboxylic acids is 1. The zero-order chi connectivity index (χ0) is 31.1. The summed E-state index contributed by atoms with van der Waals surface area (Å²) in [7, 11) is 0. The molecule has 1 amide bonds. The normalized spacial score (nSPS) is 22.9. The Labute approximate surface area is 235 Å². The SMILES string of the molecule is CCOC(=O)NC(=NCCC[C@H](N)C(=O)[O-])NO[C@@H]1OC(COC(C)=O)[C@H](OC(C)=O)[C@H](OC(C)=O)C1OC(C)=O. The Morgan fingerprint density at radius 3 is 2.02 bits per heavy atom. The second-order valence-corrected chi connectivity index (χ2v) is 8.43. The number of aliphatic imine (C=N–C) groups is 1. The lowest BCUT2D eigenvalue weighted by atomic mass is 9.98. The van der Waals surface area contributed by atoms with Gasteiger partial charge in [-0.3, -0.25) is 29.5 Å². The first-order valence-corrected chi connectivity index (χ1v) is 12.4. The Hall–Kier alpha value is -4.03. The largest absolute Gasteiger partial charge is 0.548 e. The molecule has 0 saturated carbocycles. The lowest BCUT2D eigenvalue weighted by Gasteiger charge is -2.43. The van der Waals surface area contributed by atoms with Crippen molar-refractivity contribution in [3.8, 4) is 0 Å². The molecule has 0 radical (unpaired) electrons. The quantitative estimate of drug-likeness (QED) is 0.0501. The molecule has 2 unspecified atom stereocenters. The van der Waals surface area contributed by atoms with Crippen LogP contribution in [0.25, 0.3) is 0 Å². The summed E-state index contributed by atoms with van der Waals surface area (Å²) >= 11 is 0. The van der Waals surface area contributed by atoms with Crippen LogP contribution in [0.3, 0.4) is 0 Å². The van der Waals surface area contributed by atoms with Crippen LogP contribution in [0.2, 0.25) is 0 Å². The average Bonchev–Trinajstić information content (AvgIpc) is 2.85. The van der Waals surface area contributed by atoms with Crippen LogP contribution in [-0.2, 0) is 57.2 Å². The third kappa shape index (κ3) is 13.3. The minimum Gasteiger partial charge on any atom is -0.548 e. The number of carboxylic acids is 1. The van der Waals surface area contributed by atoms with Gasteiger partial charge in [0.2, 0.25) is 12.2 Å². The van der Waals surface area contributed by atoms with Crippen LogP contribution in [0, 0.1) is 0 Å². The number of nitrogens with two attached hydrogens (primary N) is 1. The molecule has 1 rings (SSSR count). The van der Waals surface area contributed by atoms with E-state index in [2.05, 4.69) is 15.8 Å². The molecule has 18 heteroatoms. The molecule has 18 nitrogen and oxygen atoms in total. The fraction of sp³-hybridized carbons (Fsp3) is 0.696. The number of alkyl carbamates (subject to hydrolysis) is 1. The van der Waals surface area contributed by atoms with Gasteiger partial charge in [-0.15, -0.1) is 0 Å². The van der Waals surface area contributed by atoms with Crippen molar-refractivity contribution in [1.29, 1.82) is 0 Å². The maximum Gasteiger partial charge on any atom is 0.413 e. The fourth-order valence-electron chi connectivity index (χ4n) is 3.38. The van der Waals surface area contributed by atoms with Crippen molar-refractivity contribution >= 4 is 41.9 Å². The lowest BCUT2D eigenvalue weighted by Crippen LogP contribution is -2.64. The van der Waals surface area contributed by atoms with Gasteiger partial charge in [0.15, 0.2) is 18.3 Å². The smallest absolute Gasteiger partial charge is 0.413 e. The molecule has 232 valence electrons. The van der Waals surface area contributed by atoms with Gasteiger partial charge in [-0.25, -0.2) is 15.1 Å². The van der Waals surface area contributed by atoms with E-state index in [-0.39, 0.29) is 32.0 Å². The van der Waals surface area contributed by atoms with Crippen LogP contribution in [0.5, 0.6) is 0 Å². The predicted molar refractivity (Wildman–Crippen MR) is 131 cm³/mol. The van der Waals surface area contributed by atoms with E-state index in [0.717, 1.165) is 27.7 Å². The maximum atomic E-state index is 12.0. The number of amides is 1. The topological polar surface area (TPSA) is 253 Å². The summed E-state index contributed by atoms with van der Waals surface area (Å²) in [4.78, 5) is 79.5. The van der Waals surface area contributed by atoms with E-state index >= 15 is 0 Å². The van der Waals surface area contributed by atoms with Gasteiger partial charge in [-0.1, -0.05) is 0 Å². The summed E-state index contributed by atoms with van der Waals surface area (Å²) in [5.41, 5.74) is 7.73. The molecule has 1 aliphatic heterocycles. The molecule has 1 fully saturated rings. The summed E-state index contributed by atoms with van der Waals surface area (Å²) < 4.78 is 31.4. The van der Waals surface area contributed by atoms with Crippen LogP contribution in [0.4, 0.5) is 4.79 Å². The number of hydroxylamine groups is 1. The number of hydrogen-bond donors (Lipinski definition) is 3. The van der Waals surface area contributed by atoms with Crippen LogP contribution >= 0.6 is 0 Å². The van der Waals surface area contributed by atoms with E-state index in [0.29, 0.717) is 0 Å². The van der Waals surface area contributed by atoms with Gasteiger partial charge in [0, 0.05) is 40.3 Å². The minimum atomic E-state index is -1.63. The standard InChI is InChI=1S/C23H36N4O14/c1-6-35-23(34)26-22(25-9-7-8-15(24)20(32)33)27-41-21-19(39-14(5)31)18(38-13(4)30)17(37-12(3)29)16(40-21)10-36-11(2)28/h15-19,21H,6-10,24H2,1-5H3,(H,32,33)(H2,25,26,27,34)/p-1/t15-,16?,17-,18-,19?,21-/m0/s1. The number of nitrogens with zero attached hydrogens (tertiary/aromatic N) is 1. The van der Waals surface area contributed by atoms with Crippen LogP contribution < -0.4 is 21.6 Å². The number of ether oxygens (including phenoxy) is 6. The Morgan fingerprint density at radius 2 is 1.49 bits per heavy atom. The van der Waals surface area contributed by atoms with E-state index in [1.165, 1.54) is 0 Å². The number of nitrogens with one attached hydrogen (secondary N) is 2. The van der Waals surface area contributed by atoms with Gasteiger partial charge in [0.05, 0.1) is 12.6 Å². The zero-order valence-electron chi connectivity index (χ0n) is 23.2. The van der Waals surface area contributed by atoms with Crippen molar-refractivity contribution in [1.82, 2.24) is 10.8 Å². The maximum absolute atomic E-state index is 12.0. The minimum absolute atomic E-state index is 0.0130. The molecule has 1 saturated heterocycles. The molecular formula is C23H35N4O14-. The molecule has 4 N–H and O–H groups in total. The van der Waals surface area contributed by atoms with Crippen LogP contribution in [0.1, 0.15) is 47.5 Å². The highest BCUT2D eigenvalue weighted by molar-refractivity contribution is 5.93. The lowest BCUT2D eigenvalue weighted by molar-refractivity contribution is -0.316. The van der Waals surface area contributed by atoms with E-state index in [1.807, 2.05) is 0 Å². The molecule has 1 aliphatic rings. The molecule has 0 aromatic heterocycles. The average molecular weight is 592 g/mol. The molecule has 0 spiro atoms. The number of carbonyl (C=O) groups excluding carboxylic acids is 6. The Balaban J connectivity index is 3.28. The third-order valence-electron chi connectivity index (χ3n) is 4.96. The second kappa shape index (κ2) is 17.6. The highest BCUT2D eigenvalue weighted by Gasteiger charge is 2.53. The zero-order valence-corrected chi connectivity index (χ0v) is 23.2. The molecule has 0 aromatic rings. The molecular weight excluding hydrogens is 556 g/mol. The van der Waals surface area contributed by atoms with Crippen molar-refractivity contribution < 1.29 is 67.1 Å². The molecule has 6 atom stereocenters. The van der Waals surface area contributed by atoms with Crippen molar-refractivity contribution in [2.75, 3.05) is 19.8 Å². The van der Waals surface area contributed by atoms with Crippen LogP contribution in [0.15, 0.2) is 4.99 Å². The van der Waals surface area contributed by atoms with Gasteiger partial charge in [0.25, 0.3) is 0 Å². The molecule has 0 aromatic carbocycles. The first kappa shape index (κ1) is 35.0. The first-order chi connectivity index (χ1) is 19.2. The van der Waals surface area contributed by atoms with Gasteiger partial charge in [0.1, 0.15) is 12.7 Å². The number of hydrogen-bond acceptors (Lipinski definition) is 16. The molecule has 0 aliphatic carbocycles.